The normalized spacial score (nSPS) is 9.25. The maximum atomic E-state index is 10.8. The molecular formula is C14H10OS. The summed E-state index contributed by atoms with van der Waals surface area (Å²) >= 11 is 1.62. The lowest BCUT2D eigenvalue weighted by molar-refractivity contribution is 0.112. The van der Waals surface area contributed by atoms with Gasteiger partial charge in [-0.05, 0) is 17.0 Å². The fourth-order valence-electron chi connectivity index (χ4n) is 1.39. The maximum absolute atomic E-state index is 10.8. The lowest BCUT2D eigenvalue weighted by atomic mass is 10.1. The predicted octanol–water partition coefficient (Wildman–Crippen LogP) is 3.15. The molecule has 0 aliphatic rings. The molecule has 0 N–H and O–H groups in total. The van der Waals surface area contributed by atoms with Crippen molar-refractivity contribution in [1.82, 2.24) is 0 Å². The van der Waals surface area contributed by atoms with Crippen molar-refractivity contribution in [1.29, 1.82) is 0 Å². The van der Waals surface area contributed by atoms with Gasteiger partial charge in [-0.3, -0.25) is 4.79 Å². The van der Waals surface area contributed by atoms with Crippen LogP contribution in [-0.2, 0) is 6.42 Å². The minimum atomic E-state index is 0.618. The lowest BCUT2D eigenvalue weighted by Crippen LogP contribution is -1.89. The molecule has 0 bridgehead atoms. The molecule has 0 aliphatic carbocycles. The van der Waals surface area contributed by atoms with Gasteiger partial charge in [0.25, 0.3) is 0 Å². The molecule has 0 unspecified atom stereocenters. The number of carbonyl (C=O) groups excluding carboxylic acids is 1. The van der Waals surface area contributed by atoms with Gasteiger partial charge in [-0.2, -0.15) is 0 Å². The van der Waals surface area contributed by atoms with E-state index >= 15 is 0 Å². The highest BCUT2D eigenvalue weighted by atomic mass is 32.1. The third kappa shape index (κ3) is 2.59. The maximum Gasteiger partial charge on any atom is 0.150 e. The first-order valence-electron chi connectivity index (χ1n) is 4.95. The minimum absolute atomic E-state index is 0.618. The summed E-state index contributed by atoms with van der Waals surface area (Å²) in [6.45, 7) is 0. The first kappa shape index (κ1) is 10.7. The van der Waals surface area contributed by atoms with Crippen LogP contribution in [0.2, 0.25) is 0 Å². The Morgan fingerprint density at radius 1 is 1.19 bits per heavy atom. The molecule has 0 spiro atoms. The van der Waals surface area contributed by atoms with E-state index in [2.05, 4.69) is 11.8 Å². The highest BCUT2D eigenvalue weighted by Crippen LogP contribution is 2.08. The van der Waals surface area contributed by atoms with Crippen molar-refractivity contribution >= 4 is 17.6 Å². The van der Waals surface area contributed by atoms with Crippen molar-refractivity contribution in [2.24, 2.45) is 0 Å². The van der Waals surface area contributed by atoms with E-state index in [1.54, 1.807) is 11.3 Å². The molecule has 2 rings (SSSR count). The first-order chi connectivity index (χ1) is 7.90. The van der Waals surface area contributed by atoms with Gasteiger partial charge in [0.05, 0.1) is 4.88 Å². The molecule has 78 valence electrons. The van der Waals surface area contributed by atoms with E-state index in [9.17, 15) is 4.79 Å². The highest BCUT2D eigenvalue weighted by molar-refractivity contribution is 7.10. The molecule has 1 aromatic carbocycles. The molecule has 0 aliphatic heterocycles. The minimum Gasteiger partial charge on any atom is -0.298 e. The molecule has 2 heteroatoms. The second-order valence-electron chi connectivity index (χ2n) is 3.27. The van der Waals surface area contributed by atoms with Gasteiger partial charge in [0.1, 0.15) is 6.29 Å². The van der Waals surface area contributed by atoms with Crippen LogP contribution in [-0.4, -0.2) is 6.29 Å². The number of hydrogen-bond donors (Lipinski definition) is 0. The van der Waals surface area contributed by atoms with E-state index < -0.39 is 0 Å². The number of thiophene rings is 1. The van der Waals surface area contributed by atoms with Crippen molar-refractivity contribution in [3.05, 3.63) is 57.8 Å². The predicted molar refractivity (Wildman–Crippen MR) is 66.7 cm³/mol. The average Bonchev–Trinajstić information content (AvgIpc) is 2.83. The van der Waals surface area contributed by atoms with Crippen LogP contribution in [0.1, 0.15) is 20.8 Å². The van der Waals surface area contributed by atoms with Crippen LogP contribution >= 0.6 is 11.3 Å². The SMILES string of the molecule is O=Cc1ccccc1CC#Cc1cccs1. The standard InChI is InChI=1S/C14H10OS/c15-11-13-6-2-1-5-12(13)7-3-8-14-9-4-10-16-14/h1-2,4-6,9-11H,7H2. The van der Waals surface area contributed by atoms with E-state index in [1.807, 2.05) is 41.8 Å². The molecular weight excluding hydrogens is 216 g/mol. The zero-order valence-electron chi connectivity index (χ0n) is 8.64. The Labute approximate surface area is 98.7 Å². The second kappa shape index (κ2) is 5.29. The highest BCUT2D eigenvalue weighted by Gasteiger charge is 1.97. The Bertz CT molecular complexity index is 529. The van der Waals surface area contributed by atoms with Crippen LogP contribution in [0, 0.1) is 11.8 Å². The summed E-state index contributed by atoms with van der Waals surface area (Å²) in [6, 6.07) is 11.5. The zero-order valence-corrected chi connectivity index (χ0v) is 9.46. The van der Waals surface area contributed by atoms with Crippen LogP contribution in [0.5, 0.6) is 0 Å². The summed E-state index contributed by atoms with van der Waals surface area (Å²) in [7, 11) is 0. The van der Waals surface area contributed by atoms with E-state index in [0.717, 1.165) is 22.3 Å². The van der Waals surface area contributed by atoms with Gasteiger partial charge in [-0.15, -0.1) is 11.3 Å². The van der Waals surface area contributed by atoms with E-state index in [4.69, 9.17) is 0 Å². The van der Waals surface area contributed by atoms with Crippen LogP contribution in [0.15, 0.2) is 41.8 Å². The number of benzene rings is 1. The van der Waals surface area contributed by atoms with Gasteiger partial charge in [0, 0.05) is 12.0 Å². The molecule has 16 heavy (non-hydrogen) atoms. The number of hydrogen-bond acceptors (Lipinski definition) is 2. The monoisotopic (exact) mass is 226 g/mol. The van der Waals surface area contributed by atoms with Gasteiger partial charge in [-0.25, -0.2) is 0 Å². The Hall–Kier alpha value is -1.85. The smallest absolute Gasteiger partial charge is 0.150 e. The van der Waals surface area contributed by atoms with E-state index in [-0.39, 0.29) is 0 Å². The van der Waals surface area contributed by atoms with Crippen molar-refractivity contribution < 1.29 is 4.79 Å². The van der Waals surface area contributed by atoms with Gasteiger partial charge in [-0.1, -0.05) is 42.2 Å². The summed E-state index contributed by atoms with van der Waals surface area (Å²) in [4.78, 5) is 11.8. The summed E-state index contributed by atoms with van der Waals surface area (Å²) < 4.78 is 0. The van der Waals surface area contributed by atoms with Gasteiger partial charge >= 0.3 is 0 Å². The van der Waals surface area contributed by atoms with Gasteiger partial charge in [0.2, 0.25) is 0 Å². The fraction of sp³-hybridized carbons (Fsp3) is 0.0714. The number of carbonyl (C=O) groups is 1. The van der Waals surface area contributed by atoms with Crippen LogP contribution in [0.3, 0.4) is 0 Å². The molecule has 0 saturated heterocycles. The lowest BCUT2D eigenvalue weighted by Gasteiger charge is -1.97. The van der Waals surface area contributed by atoms with Crippen LogP contribution in [0.25, 0.3) is 0 Å². The number of aldehydes is 1. The topological polar surface area (TPSA) is 17.1 Å². The van der Waals surface area contributed by atoms with Crippen molar-refractivity contribution in [2.45, 2.75) is 6.42 Å². The molecule has 2 aromatic rings. The van der Waals surface area contributed by atoms with Crippen molar-refractivity contribution in [3.8, 4) is 11.8 Å². The summed E-state index contributed by atoms with van der Waals surface area (Å²) in [5.41, 5.74) is 1.71. The first-order valence-corrected chi connectivity index (χ1v) is 5.83. The molecule has 1 heterocycles. The van der Waals surface area contributed by atoms with Crippen LogP contribution < -0.4 is 0 Å². The largest absolute Gasteiger partial charge is 0.298 e. The molecule has 0 saturated carbocycles. The summed E-state index contributed by atoms with van der Waals surface area (Å²) in [5.74, 6) is 6.16. The Morgan fingerprint density at radius 3 is 2.81 bits per heavy atom. The third-order valence-electron chi connectivity index (χ3n) is 2.19. The summed E-state index contributed by atoms with van der Waals surface area (Å²) in [5, 5.41) is 2.00. The Morgan fingerprint density at radius 2 is 2.06 bits per heavy atom. The Kier molecular flexibility index (Phi) is 3.53. The van der Waals surface area contributed by atoms with Gasteiger partial charge in [0.15, 0.2) is 0 Å². The third-order valence-corrected chi connectivity index (χ3v) is 2.98. The molecule has 1 aromatic heterocycles. The average molecular weight is 226 g/mol. The fourth-order valence-corrected chi connectivity index (χ4v) is 1.98. The molecule has 0 amide bonds. The molecule has 1 nitrogen and oxygen atoms in total. The van der Waals surface area contributed by atoms with E-state index in [1.165, 1.54) is 0 Å². The Balaban J connectivity index is 2.13. The molecule has 0 radical (unpaired) electrons. The molecule has 0 fully saturated rings. The van der Waals surface area contributed by atoms with Crippen molar-refractivity contribution in [3.63, 3.8) is 0 Å². The van der Waals surface area contributed by atoms with Crippen molar-refractivity contribution in [2.75, 3.05) is 0 Å². The zero-order chi connectivity index (χ0) is 11.2. The van der Waals surface area contributed by atoms with Gasteiger partial charge < -0.3 is 0 Å². The summed E-state index contributed by atoms with van der Waals surface area (Å²) in [6.07, 6.45) is 1.50. The second-order valence-corrected chi connectivity index (χ2v) is 4.22. The van der Waals surface area contributed by atoms with E-state index in [0.29, 0.717) is 6.42 Å². The van der Waals surface area contributed by atoms with Crippen LogP contribution in [0.4, 0.5) is 0 Å². The number of rotatable bonds is 2. The quantitative estimate of drug-likeness (QED) is 0.568. The molecule has 0 atom stereocenters.